The van der Waals surface area contributed by atoms with E-state index in [9.17, 15) is 14.3 Å². The minimum atomic E-state index is -1.62. The first-order valence-electron chi connectivity index (χ1n) is 9.75. The molecular weight excluding hydrogens is 401 g/mol. The third-order valence-corrected chi connectivity index (χ3v) is 4.55. The number of hydrogen-bond acceptors (Lipinski definition) is 7. The summed E-state index contributed by atoms with van der Waals surface area (Å²) < 4.78 is 15.6. The zero-order valence-electron chi connectivity index (χ0n) is 17.7. The van der Waals surface area contributed by atoms with Crippen LogP contribution >= 0.6 is 0 Å². The predicted molar refractivity (Wildman–Crippen MR) is 113 cm³/mol. The molecule has 0 spiro atoms. The molecule has 1 amide bonds. The third kappa shape index (κ3) is 4.95. The van der Waals surface area contributed by atoms with E-state index in [0.29, 0.717) is 28.3 Å². The van der Waals surface area contributed by atoms with E-state index in [-0.39, 0.29) is 18.2 Å². The lowest BCUT2D eigenvalue weighted by atomic mass is 10.0. The Morgan fingerprint density at radius 2 is 2.03 bits per heavy atom. The van der Waals surface area contributed by atoms with Crippen LogP contribution in [0.3, 0.4) is 0 Å². The molecule has 0 aliphatic rings. The van der Waals surface area contributed by atoms with Gasteiger partial charge in [-0.2, -0.15) is 10.4 Å². The standard InChI is InChI=1S/C21H24FN7O2/c1-12(2)28-15-6-16(17-10-25-19-5-13(7-23)8-27-29(17)19)24-9-14(15)20(30)26-11-18(22)21(3,4)31/h5-6,8-10,12,18,31H,11H2,1-4H3,(H,24,28)(H,26,30)/t18-/m1/s1. The Morgan fingerprint density at radius 1 is 1.29 bits per heavy atom. The van der Waals surface area contributed by atoms with Gasteiger partial charge in [0.25, 0.3) is 5.91 Å². The van der Waals surface area contributed by atoms with Crippen molar-refractivity contribution in [2.24, 2.45) is 0 Å². The van der Waals surface area contributed by atoms with Crippen molar-refractivity contribution in [2.45, 2.75) is 45.5 Å². The number of imidazole rings is 1. The molecule has 9 nitrogen and oxygen atoms in total. The van der Waals surface area contributed by atoms with E-state index in [1.54, 1.807) is 22.8 Å². The van der Waals surface area contributed by atoms with Crippen LogP contribution in [0.1, 0.15) is 43.6 Å². The van der Waals surface area contributed by atoms with Crippen molar-refractivity contribution in [1.82, 2.24) is 24.9 Å². The number of nitrogens with zero attached hydrogens (tertiary/aromatic N) is 5. The maximum atomic E-state index is 14.0. The zero-order valence-corrected chi connectivity index (χ0v) is 17.7. The molecule has 0 saturated carbocycles. The molecule has 0 radical (unpaired) electrons. The van der Waals surface area contributed by atoms with Crippen molar-refractivity contribution in [3.8, 4) is 17.5 Å². The largest absolute Gasteiger partial charge is 0.387 e. The Hall–Kier alpha value is -3.58. The van der Waals surface area contributed by atoms with Gasteiger partial charge < -0.3 is 15.7 Å². The van der Waals surface area contributed by atoms with Gasteiger partial charge in [-0.1, -0.05) is 0 Å². The van der Waals surface area contributed by atoms with E-state index in [1.807, 2.05) is 19.9 Å². The highest BCUT2D eigenvalue weighted by molar-refractivity contribution is 6.00. The average molecular weight is 425 g/mol. The highest BCUT2D eigenvalue weighted by atomic mass is 19.1. The number of aromatic nitrogens is 4. The first-order chi connectivity index (χ1) is 14.6. The van der Waals surface area contributed by atoms with Gasteiger partial charge in [-0.25, -0.2) is 13.9 Å². The molecule has 10 heteroatoms. The fourth-order valence-corrected chi connectivity index (χ4v) is 2.85. The van der Waals surface area contributed by atoms with Crippen LogP contribution in [0.15, 0.2) is 30.7 Å². The molecule has 31 heavy (non-hydrogen) atoms. The summed E-state index contributed by atoms with van der Waals surface area (Å²) in [6.07, 6.45) is 2.80. The van der Waals surface area contributed by atoms with Gasteiger partial charge in [-0.3, -0.25) is 9.78 Å². The molecule has 0 saturated heterocycles. The number of fused-ring (bicyclic) bond motifs is 1. The minimum Gasteiger partial charge on any atom is -0.387 e. The number of aliphatic hydroxyl groups is 1. The first-order valence-corrected chi connectivity index (χ1v) is 9.75. The number of anilines is 1. The second-order valence-electron chi connectivity index (χ2n) is 8.01. The van der Waals surface area contributed by atoms with Crippen molar-refractivity contribution in [3.05, 3.63) is 41.9 Å². The van der Waals surface area contributed by atoms with Gasteiger partial charge in [0.05, 0.1) is 47.0 Å². The van der Waals surface area contributed by atoms with E-state index in [1.165, 1.54) is 26.2 Å². The van der Waals surface area contributed by atoms with Crippen LogP contribution < -0.4 is 10.6 Å². The number of amides is 1. The van der Waals surface area contributed by atoms with Crippen LogP contribution in [0.5, 0.6) is 0 Å². The Balaban J connectivity index is 1.93. The minimum absolute atomic E-state index is 0.0191. The highest BCUT2D eigenvalue weighted by Gasteiger charge is 2.27. The van der Waals surface area contributed by atoms with Gasteiger partial charge in [0.2, 0.25) is 0 Å². The van der Waals surface area contributed by atoms with Crippen LogP contribution in [-0.4, -0.2) is 55.0 Å². The number of pyridine rings is 1. The van der Waals surface area contributed by atoms with E-state index >= 15 is 0 Å². The Kier molecular flexibility index (Phi) is 6.17. The summed E-state index contributed by atoms with van der Waals surface area (Å²) in [4.78, 5) is 21.3. The molecule has 3 rings (SSSR count). The van der Waals surface area contributed by atoms with Crippen molar-refractivity contribution in [1.29, 1.82) is 5.26 Å². The molecule has 3 aromatic heterocycles. The number of halogens is 1. The summed E-state index contributed by atoms with van der Waals surface area (Å²) >= 11 is 0. The van der Waals surface area contributed by atoms with Gasteiger partial charge in [0, 0.05) is 18.3 Å². The van der Waals surface area contributed by atoms with E-state index in [4.69, 9.17) is 5.26 Å². The number of rotatable bonds is 7. The highest BCUT2D eigenvalue weighted by Crippen LogP contribution is 2.25. The van der Waals surface area contributed by atoms with Gasteiger partial charge >= 0.3 is 0 Å². The third-order valence-electron chi connectivity index (χ3n) is 4.55. The summed E-state index contributed by atoms with van der Waals surface area (Å²) in [6, 6.07) is 5.35. The zero-order chi connectivity index (χ0) is 22.8. The van der Waals surface area contributed by atoms with Crippen molar-refractivity contribution in [2.75, 3.05) is 11.9 Å². The van der Waals surface area contributed by atoms with E-state index in [2.05, 4.69) is 25.7 Å². The lowest BCUT2D eigenvalue weighted by Crippen LogP contribution is -2.42. The quantitative estimate of drug-likeness (QED) is 0.530. The maximum absolute atomic E-state index is 14.0. The van der Waals surface area contributed by atoms with Crippen LogP contribution in [0.2, 0.25) is 0 Å². The fraction of sp³-hybridized carbons (Fsp3) is 0.381. The number of hydrogen-bond donors (Lipinski definition) is 3. The van der Waals surface area contributed by atoms with Crippen LogP contribution in [-0.2, 0) is 0 Å². The number of carbonyl (C=O) groups excluding carboxylic acids is 1. The lowest BCUT2D eigenvalue weighted by molar-refractivity contribution is -0.00177. The first kappa shape index (κ1) is 22.1. The maximum Gasteiger partial charge on any atom is 0.255 e. The second-order valence-corrected chi connectivity index (χ2v) is 8.01. The molecule has 1 atom stereocenters. The van der Waals surface area contributed by atoms with Gasteiger partial charge in [-0.15, -0.1) is 0 Å². The van der Waals surface area contributed by atoms with Gasteiger partial charge in [-0.05, 0) is 33.8 Å². The smallest absolute Gasteiger partial charge is 0.255 e. The fourth-order valence-electron chi connectivity index (χ4n) is 2.85. The molecule has 0 unspecified atom stereocenters. The summed E-state index contributed by atoms with van der Waals surface area (Å²) in [6.45, 7) is 6.20. The molecule has 0 aromatic carbocycles. The van der Waals surface area contributed by atoms with E-state index in [0.717, 1.165) is 0 Å². The monoisotopic (exact) mass is 425 g/mol. The molecule has 0 fully saturated rings. The lowest BCUT2D eigenvalue weighted by Gasteiger charge is -2.23. The molecule has 162 valence electrons. The van der Waals surface area contributed by atoms with Crippen molar-refractivity contribution in [3.63, 3.8) is 0 Å². The molecule has 0 aliphatic heterocycles. The summed E-state index contributed by atoms with van der Waals surface area (Å²) in [5.74, 6) is -0.510. The molecule has 0 aliphatic carbocycles. The summed E-state index contributed by atoms with van der Waals surface area (Å²) in [5, 5.41) is 28.7. The molecule has 3 aromatic rings. The number of alkyl halides is 1. The molecule has 0 bridgehead atoms. The second kappa shape index (κ2) is 8.65. The van der Waals surface area contributed by atoms with Crippen molar-refractivity contribution >= 4 is 17.2 Å². The normalized spacial score (nSPS) is 12.6. The Labute approximate surface area is 178 Å². The number of nitriles is 1. The number of nitrogens with one attached hydrogen (secondary N) is 2. The van der Waals surface area contributed by atoms with Crippen LogP contribution in [0, 0.1) is 11.3 Å². The van der Waals surface area contributed by atoms with E-state index < -0.39 is 17.7 Å². The van der Waals surface area contributed by atoms with Crippen molar-refractivity contribution < 1.29 is 14.3 Å². The molecule has 3 heterocycles. The van der Waals surface area contributed by atoms with Crippen LogP contribution in [0.25, 0.3) is 17.0 Å². The summed E-state index contributed by atoms with van der Waals surface area (Å²) in [5.41, 5.74) is 1.19. The summed E-state index contributed by atoms with van der Waals surface area (Å²) in [7, 11) is 0. The molecule has 3 N–H and O–H groups in total. The Morgan fingerprint density at radius 3 is 2.68 bits per heavy atom. The topological polar surface area (TPSA) is 128 Å². The predicted octanol–water partition coefficient (Wildman–Crippen LogP) is 2.32. The Bertz CT molecular complexity index is 1140. The average Bonchev–Trinajstić information content (AvgIpc) is 3.13. The van der Waals surface area contributed by atoms with Gasteiger partial charge in [0.1, 0.15) is 17.9 Å². The van der Waals surface area contributed by atoms with Gasteiger partial charge in [0.15, 0.2) is 5.65 Å². The van der Waals surface area contributed by atoms with Crippen LogP contribution in [0.4, 0.5) is 10.1 Å². The molecular formula is C21H24FN7O2. The number of carbonyl (C=O) groups is 1. The SMILES string of the molecule is CC(C)Nc1cc(-c2cnc3cc(C#N)cnn23)ncc1C(=O)NC[C@@H](F)C(C)(C)O.